The zero-order valence-corrected chi connectivity index (χ0v) is 14.3. The van der Waals surface area contributed by atoms with Crippen LogP contribution in [-0.2, 0) is 0 Å². The summed E-state index contributed by atoms with van der Waals surface area (Å²) in [6.07, 6.45) is 6.83. The lowest BCUT2D eigenvalue weighted by Crippen LogP contribution is -2.42. The van der Waals surface area contributed by atoms with Crippen LogP contribution in [0.3, 0.4) is 0 Å². The van der Waals surface area contributed by atoms with Gasteiger partial charge >= 0.3 is 0 Å². The molecule has 0 saturated heterocycles. The van der Waals surface area contributed by atoms with Gasteiger partial charge in [-0.1, -0.05) is 27.2 Å². The normalized spacial score (nSPS) is 15.8. The van der Waals surface area contributed by atoms with Crippen molar-refractivity contribution in [3.63, 3.8) is 0 Å². The molecule has 0 aliphatic carbocycles. The van der Waals surface area contributed by atoms with E-state index >= 15 is 0 Å². The highest BCUT2D eigenvalue weighted by Gasteiger charge is 2.22. The van der Waals surface area contributed by atoms with E-state index in [0.717, 1.165) is 32.4 Å². The van der Waals surface area contributed by atoms with Crippen molar-refractivity contribution in [2.45, 2.75) is 84.7 Å². The number of hydrogen-bond donors (Lipinski definition) is 1. The summed E-state index contributed by atoms with van der Waals surface area (Å²) in [7, 11) is 0. The number of unbranched alkanes of at least 4 members (excludes halogenated alkanes) is 1. The molecule has 0 heterocycles. The maximum Gasteiger partial charge on any atom is 0.103 e. The fourth-order valence-corrected chi connectivity index (χ4v) is 2.39. The fraction of sp³-hybridized carbons (Fsp3) is 0.941. The van der Waals surface area contributed by atoms with Gasteiger partial charge in [0.05, 0.1) is 6.07 Å². The van der Waals surface area contributed by atoms with Crippen molar-refractivity contribution in [1.29, 1.82) is 5.26 Å². The van der Waals surface area contributed by atoms with Crippen LogP contribution in [0.1, 0.15) is 73.1 Å². The highest BCUT2D eigenvalue weighted by atomic mass is 15.1. The molecule has 0 aromatic heterocycles. The third-order valence-corrected chi connectivity index (χ3v) is 4.15. The van der Waals surface area contributed by atoms with Gasteiger partial charge in [0.2, 0.25) is 0 Å². The molecule has 0 fully saturated rings. The van der Waals surface area contributed by atoms with E-state index in [0.29, 0.717) is 6.04 Å². The van der Waals surface area contributed by atoms with Crippen LogP contribution >= 0.6 is 0 Å². The summed E-state index contributed by atoms with van der Waals surface area (Å²) >= 11 is 0. The minimum atomic E-state index is -0.359. The molecular weight excluding hydrogens is 246 g/mol. The Kier molecular flexibility index (Phi) is 10.8. The number of nitrogens with one attached hydrogen (secondary N) is 1. The van der Waals surface area contributed by atoms with Crippen LogP contribution in [0, 0.1) is 11.3 Å². The van der Waals surface area contributed by atoms with Gasteiger partial charge in [-0.2, -0.15) is 5.26 Å². The SMILES string of the molecule is CCCCN(CCCC(C)(C#N)NCCC)C(C)CC. The van der Waals surface area contributed by atoms with Crippen molar-refractivity contribution >= 4 is 0 Å². The molecule has 2 unspecified atom stereocenters. The molecule has 118 valence electrons. The first-order valence-corrected chi connectivity index (χ1v) is 8.43. The van der Waals surface area contributed by atoms with Gasteiger partial charge < -0.3 is 4.90 Å². The first-order valence-electron chi connectivity index (χ1n) is 8.43. The van der Waals surface area contributed by atoms with E-state index in [1.807, 2.05) is 6.92 Å². The first kappa shape index (κ1) is 19.4. The molecule has 0 aliphatic rings. The van der Waals surface area contributed by atoms with Gasteiger partial charge in [-0.25, -0.2) is 0 Å². The predicted octanol–water partition coefficient (Wildman–Crippen LogP) is 3.95. The highest BCUT2D eigenvalue weighted by molar-refractivity contribution is 5.03. The fourth-order valence-electron chi connectivity index (χ4n) is 2.39. The molecule has 0 saturated carbocycles. The number of nitriles is 1. The van der Waals surface area contributed by atoms with Gasteiger partial charge in [-0.3, -0.25) is 5.32 Å². The van der Waals surface area contributed by atoms with E-state index in [-0.39, 0.29) is 5.54 Å². The lowest BCUT2D eigenvalue weighted by Gasteiger charge is -2.30. The average Bonchev–Trinajstić information content (AvgIpc) is 2.47. The largest absolute Gasteiger partial charge is 0.301 e. The van der Waals surface area contributed by atoms with E-state index in [2.05, 4.69) is 44.0 Å². The Bertz CT molecular complexity index is 272. The first-order chi connectivity index (χ1) is 9.52. The molecule has 0 aromatic rings. The summed E-state index contributed by atoms with van der Waals surface area (Å²) in [4.78, 5) is 2.58. The van der Waals surface area contributed by atoms with Crippen LogP contribution in [0.4, 0.5) is 0 Å². The monoisotopic (exact) mass is 281 g/mol. The third-order valence-electron chi connectivity index (χ3n) is 4.15. The van der Waals surface area contributed by atoms with Crippen LogP contribution in [0.15, 0.2) is 0 Å². The van der Waals surface area contributed by atoms with Gasteiger partial charge in [-0.05, 0) is 65.6 Å². The Morgan fingerprint density at radius 2 is 1.80 bits per heavy atom. The number of hydrogen-bond acceptors (Lipinski definition) is 3. The zero-order valence-electron chi connectivity index (χ0n) is 14.3. The Hall–Kier alpha value is -0.590. The van der Waals surface area contributed by atoms with Crippen molar-refractivity contribution in [3.05, 3.63) is 0 Å². The lowest BCUT2D eigenvalue weighted by atomic mass is 9.97. The van der Waals surface area contributed by atoms with Gasteiger partial charge in [0.25, 0.3) is 0 Å². The molecule has 0 bridgehead atoms. The second kappa shape index (κ2) is 11.1. The van der Waals surface area contributed by atoms with E-state index in [4.69, 9.17) is 0 Å². The van der Waals surface area contributed by atoms with Crippen molar-refractivity contribution < 1.29 is 0 Å². The lowest BCUT2D eigenvalue weighted by molar-refractivity contribution is 0.192. The van der Waals surface area contributed by atoms with E-state index in [9.17, 15) is 5.26 Å². The molecule has 0 aromatic carbocycles. The minimum Gasteiger partial charge on any atom is -0.301 e. The number of rotatable bonds is 12. The van der Waals surface area contributed by atoms with E-state index in [1.165, 1.54) is 25.8 Å². The molecule has 3 nitrogen and oxygen atoms in total. The molecule has 0 amide bonds. The maximum absolute atomic E-state index is 9.35. The van der Waals surface area contributed by atoms with Gasteiger partial charge in [-0.15, -0.1) is 0 Å². The average molecular weight is 281 g/mol. The molecule has 3 heteroatoms. The summed E-state index contributed by atoms with van der Waals surface area (Å²) in [6.45, 7) is 14.2. The summed E-state index contributed by atoms with van der Waals surface area (Å²) in [6, 6.07) is 3.10. The van der Waals surface area contributed by atoms with Crippen molar-refractivity contribution in [2.24, 2.45) is 0 Å². The van der Waals surface area contributed by atoms with Crippen molar-refractivity contribution in [3.8, 4) is 6.07 Å². The van der Waals surface area contributed by atoms with Crippen LogP contribution in [0.5, 0.6) is 0 Å². The minimum absolute atomic E-state index is 0.359. The smallest absolute Gasteiger partial charge is 0.103 e. The molecule has 20 heavy (non-hydrogen) atoms. The Morgan fingerprint density at radius 3 is 2.30 bits per heavy atom. The quantitative estimate of drug-likeness (QED) is 0.589. The second-order valence-electron chi connectivity index (χ2n) is 6.12. The zero-order chi connectivity index (χ0) is 15.4. The molecule has 0 rings (SSSR count). The predicted molar refractivity (Wildman–Crippen MR) is 87.8 cm³/mol. The van der Waals surface area contributed by atoms with Crippen molar-refractivity contribution in [2.75, 3.05) is 19.6 Å². The van der Waals surface area contributed by atoms with Gasteiger partial charge in [0.15, 0.2) is 0 Å². The Labute approximate surface area is 126 Å². The molecule has 0 aliphatic heterocycles. The Morgan fingerprint density at radius 1 is 1.15 bits per heavy atom. The highest BCUT2D eigenvalue weighted by Crippen LogP contribution is 2.14. The van der Waals surface area contributed by atoms with Crippen LogP contribution in [0.25, 0.3) is 0 Å². The van der Waals surface area contributed by atoms with Crippen LogP contribution < -0.4 is 5.32 Å². The number of nitrogens with zero attached hydrogens (tertiary/aromatic N) is 2. The summed E-state index contributed by atoms with van der Waals surface area (Å²) < 4.78 is 0. The summed E-state index contributed by atoms with van der Waals surface area (Å²) in [5.41, 5.74) is -0.359. The molecule has 0 spiro atoms. The van der Waals surface area contributed by atoms with Crippen LogP contribution in [0.2, 0.25) is 0 Å². The third kappa shape index (κ3) is 7.87. The van der Waals surface area contributed by atoms with E-state index in [1.54, 1.807) is 0 Å². The van der Waals surface area contributed by atoms with Crippen molar-refractivity contribution in [1.82, 2.24) is 10.2 Å². The maximum atomic E-state index is 9.35. The molecule has 0 radical (unpaired) electrons. The van der Waals surface area contributed by atoms with E-state index < -0.39 is 0 Å². The summed E-state index contributed by atoms with van der Waals surface area (Å²) in [5.74, 6) is 0. The van der Waals surface area contributed by atoms with Crippen LogP contribution in [-0.4, -0.2) is 36.1 Å². The molecule has 2 atom stereocenters. The van der Waals surface area contributed by atoms with Gasteiger partial charge in [0.1, 0.15) is 5.54 Å². The molecule has 1 N–H and O–H groups in total. The second-order valence-corrected chi connectivity index (χ2v) is 6.12. The molecular formula is C17H35N3. The standard InChI is InChI=1S/C17H35N3/c1-6-9-13-20(16(4)8-3)14-10-11-17(5,15-18)19-12-7-2/h16,19H,6-14H2,1-5H3. The topological polar surface area (TPSA) is 39.1 Å². The summed E-state index contributed by atoms with van der Waals surface area (Å²) in [5, 5.41) is 12.7. The van der Waals surface area contributed by atoms with Gasteiger partial charge in [0, 0.05) is 6.04 Å². The Balaban J connectivity index is 4.22.